The third-order valence-electron chi connectivity index (χ3n) is 4.17. The number of anilines is 1. The summed E-state index contributed by atoms with van der Waals surface area (Å²) in [7, 11) is 0. The molecule has 6 heteroatoms. The minimum Gasteiger partial charge on any atom is -0.490 e. The lowest BCUT2D eigenvalue weighted by Crippen LogP contribution is -2.41. The largest absolute Gasteiger partial charge is 0.490 e. The highest BCUT2D eigenvalue weighted by Gasteiger charge is 2.34. The molecule has 0 atom stereocenters. The third kappa shape index (κ3) is 4.07. The van der Waals surface area contributed by atoms with E-state index >= 15 is 0 Å². The maximum atomic E-state index is 10.2. The van der Waals surface area contributed by atoms with E-state index in [9.17, 15) is 5.11 Å². The summed E-state index contributed by atoms with van der Waals surface area (Å²) >= 11 is 0. The van der Waals surface area contributed by atoms with Crippen molar-refractivity contribution in [2.75, 3.05) is 31.6 Å². The van der Waals surface area contributed by atoms with Crippen LogP contribution in [0.1, 0.15) is 32.6 Å². The van der Waals surface area contributed by atoms with Crippen LogP contribution in [0.3, 0.4) is 0 Å². The number of ether oxygens (including phenoxy) is 2. The van der Waals surface area contributed by atoms with Gasteiger partial charge in [-0.3, -0.25) is 4.99 Å². The van der Waals surface area contributed by atoms with Gasteiger partial charge < -0.3 is 25.2 Å². The summed E-state index contributed by atoms with van der Waals surface area (Å²) in [6.07, 6.45) is 3.64. The molecule has 0 radical (unpaired) electrons. The van der Waals surface area contributed by atoms with Gasteiger partial charge >= 0.3 is 0 Å². The molecule has 1 fully saturated rings. The zero-order chi connectivity index (χ0) is 16.1. The molecule has 1 aromatic carbocycles. The van der Waals surface area contributed by atoms with Crippen molar-refractivity contribution in [1.29, 1.82) is 0 Å². The number of guanidine groups is 1. The van der Waals surface area contributed by atoms with E-state index in [-0.39, 0.29) is 0 Å². The first-order valence-electron chi connectivity index (χ1n) is 8.36. The Bertz CT molecular complexity index is 570. The fraction of sp³-hybridized carbons (Fsp3) is 0.588. The van der Waals surface area contributed by atoms with Crippen LogP contribution in [0.25, 0.3) is 0 Å². The summed E-state index contributed by atoms with van der Waals surface area (Å²) in [5.74, 6) is 2.20. The van der Waals surface area contributed by atoms with Crippen LogP contribution in [0.15, 0.2) is 23.2 Å². The number of hydrogen-bond acceptors (Lipinski definition) is 4. The number of nitrogens with one attached hydrogen (secondary N) is 2. The highest BCUT2D eigenvalue weighted by Crippen LogP contribution is 2.33. The molecule has 1 heterocycles. The maximum absolute atomic E-state index is 10.2. The molecule has 0 bridgehead atoms. The summed E-state index contributed by atoms with van der Waals surface area (Å²) in [6.45, 7) is 4.55. The number of aliphatic imine (C=N–C) groups is 1. The highest BCUT2D eigenvalue weighted by atomic mass is 16.5. The van der Waals surface area contributed by atoms with Crippen molar-refractivity contribution in [3.8, 4) is 11.5 Å². The second kappa shape index (κ2) is 7.08. The van der Waals surface area contributed by atoms with Crippen LogP contribution in [-0.4, -0.2) is 43.0 Å². The highest BCUT2D eigenvalue weighted by molar-refractivity contribution is 5.94. The van der Waals surface area contributed by atoms with Gasteiger partial charge in [0.2, 0.25) is 0 Å². The van der Waals surface area contributed by atoms with Gasteiger partial charge in [0.15, 0.2) is 17.5 Å². The summed E-state index contributed by atoms with van der Waals surface area (Å²) in [5, 5.41) is 16.6. The molecule has 1 aromatic rings. The van der Waals surface area contributed by atoms with Gasteiger partial charge in [0, 0.05) is 24.7 Å². The second-order valence-corrected chi connectivity index (χ2v) is 6.11. The molecular formula is C17H25N3O3. The molecule has 1 aliphatic carbocycles. The Hall–Kier alpha value is -1.95. The van der Waals surface area contributed by atoms with Crippen molar-refractivity contribution < 1.29 is 14.6 Å². The zero-order valence-corrected chi connectivity index (χ0v) is 13.6. The van der Waals surface area contributed by atoms with Crippen LogP contribution < -0.4 is 20.1 Å². The van der Waals surface area contributed by atoms with E-state index in [1.54, 1.807) is 0 Å². The third-order valence-corrected chi connectivity index (χ3v) is 4.17. The van der Waals surface area contributed by atoms with Gasteiger partial charge in [0.05, 0.1) is 25.4 Å². The Balaban J connectivity index is 1.69. The standard InChI is InChI=1S/C17H25N3O3/c1-2-18-16(19-12-17(21)7-3-8-17)20-13-5-6-14-15(11-13)23-10-4-9-22-14/h5-6,11,21H,2-4,7-10,12H2,1H3,(H2,18,19,20). The Morgan fingerprint density at radius 1 is 1.22 bits per heavy atom. The normalized spacial score (nSPS) is 19.5. The van der Waals surface area contributed by atoms with E-state index in [4.69, 9.17) is 9.47 Å². The molecule has 0 spiro atoms. The van der Waals surface area contributed by atoms with Crippen molar-refractivity contribution >= 4 is 11.6 Å². The summed E-state index contributed by atoms with van der Waals surface area (Å²) < 4.78 is 11.3. The predicted octanol–water partition coefficient (Wildman–Crippen LogP) is 2.14. The van der Waals surface area contributed by atoms with Crippen LogP contribution >= 0.6 is 0 Å². The summed E-state index contributed by atoms with van der Waals surface area (Å²) in [4.78, 5) is 4.51. The smallest absolute Gasteiger partial charge is 0.195 e. The fourth-order valence-corrected chi connectivity index (χ4v) is 2.65. The van der Waals surface area contributed by atoms with Crippen LogP contribution in [0.5, 0.6) is 11.5 Å². The van der Waals surface area contributed by atoms with Gasteiger partial charge in [-0.15, -0.1) is 0 Å². The van der Waals surface area contributed by atoms with Crippen LogP contribution in [0.4, 0.5) is 5.69 Å². The Morgan fingerprint density at radius 2 is 2.00 bits per heavy atom. The lowest BCUT2D eigenvalue weighted by atomic mass is 9.80. The predicted molar refractivity (Wildman–Crippen MR) is 90.5 cm³/mol. The average Bonchev–Trinajstić information content (AvgIpc) is 2.76. The Kier molecular flexibility index (Phi) is 4.91. The van der Waals surface area contributed by atoms with E-state index in [1.165, 1.54) is 0 Å². The average molecular weight is 319 g/mol. The van der Waals surface area contributed by atoms with Crippen LogP contribution in [0, 0.1) is 0 Å². The summed E-state index contributed by atoms with van der Waals surface area (Å²) in [5.41, 5.74) is 0.266. The quantitative estimate of drug-likeness (QED) is 0.586. The Labute approximate surface area is 136 Å². The number of hydrogen-bond donors (Lipinski definition) is 3. The molecule has 0 unspecified atom stereocenters. The summed E-state index contributed by atoms with van der Waals surface area (Å²) in [6, 6.07) is 5.77. The minimum atomic E-state index is -0.618. The van der Waals surface area contributed by atoms with Crippen molar-refractivity contribution in [2.45, 2.75) is 38.2 Å². The molecule has 3 rings (SSSR count). The first-order valence-corrected chi connectivity index (χ1v) is 8.36. The van der Waals surface area contributed by atoms with Gasteiger partial charge in [-0.1, -0.05) is 0 Å². The first kappa shape index (κ1) is 15.9. The van der Waals surface area contributed by atoms with Gasteiger partial charge in [-0.2, -0.15) is 0 Å². The minimum absolute atomic E-state index is 0.423. The van der Waals surface area contributed by atoms with E-state index < -0.39 is 5.60 Å². The number of nitrogens with zero attached hydrogens (tertiary/aromatic N) is 1. The molecule has 23 heavy (non-hydrogen) atoms. The molecule has 6 nitrogen and oxygen atoms in total. The number of rotatable bonds is 4. The van der Waals surface area contributed by atoms with Crippen molar-refractivity contribution in [1.82, 2.24) is 5.32 Å². The van der Waals surface area contributed by atoms with Gasteiger partial charge in [-0.25, -0.2) is 0 Å². The van der Waals surface area contributed by atoms with E-state index in [0.29, 0.717) is 25.7 Å². The molecule has 3 N–H and O–H groups in total. The topological polar surface area (TPSA) is 75.1 Å². The molecule has 1 aliphatic heterocycles. The zero-order valence-electron chi connectivity index (χ0n) is 13.6. The lowest BCUT2D eigenvalue weighted by Gasteiger charge is -2.35. The lowest BCUT2D eigenvalue weighted by molar-refractivity contribution is -0.0235. The fourth-order valence-electron chi connectivity index (χ4n) is 2.65. The maximum Gasteiger partial charge on any atom is 0.195 e. The van der Waals surface area contributed by atoms with Crippen molar-refractivity contribution in [3.05, 3.63) is 18.2 Å². The molecule has 2 aliphatic rings. The first-order chi connectivity index (χ1) is 11.2. The molecule has 0 aromatic heterocycles. The van der Waals surface area contributed by atoms with E-state index in [0.717, 1.165) is 49.4 Å². The molecule has 0 saturated heterocycles. The molecule has 126 valence electrons. The van der Waals surface area contributed by atoms with Gasteiger partial charge in [0.25, 0.3) is 0 Å². The Morgan fingerprint density at radius 3 is 2.70 bits per heavy atom. The van der Waals surface area contributed by atoms with E-state index in [1.807, 2.05) is 25.1 Å². The van der Waals surface area contributed by atoms with Crippen molar-refractivity contribution in [2.24, 2.45) is 4.99 Å². The molecule has 1 saturated carbocycles. The van der Waals surface area contributed by atoms with Gasteiger partial charge in [-0.05, 0) is 38.3 Å². The number of fused-ring (bicyclic) bond motifs is 1. The van der Waals surface area contributed by atoms with Crippen molar-refractivity contribution in [3.63, 3.8) is 0 Å². The van der Waals surface area contributed by atoms with E-state index in [2.05, 4.69) is 15.6 Å². The molecule has 0 amide bonds. The monoisotopic (exact) mass is 319 g/mol. The van der Waals surface area contributed by atoms with Crippen LogP contribution in [0.2, 0.25) is 0 Å². The van der Waals surface area contributed by atoms with Crippen LogP contribution in [-0.2, 0) is 0 Å². The van der Waals surface area contributed by atoms with Gasteiger partial charge in [0.1, 0.15) is 0 Å². The molecular weight excluding hydrogens is 294 g/mol. The number of benzene rings is 1. The second-order valence-electron chi connectivity index (χ2n) is 6.11. The number of aliphatic hydroxyl groups is 1. The SMILES string of the molecule is CCNC(=NCC1(O)CCC1)Nc1ccc2c(c1)OCCCO2.